The molecule has 0 spiro atoms. The number of likely N-dealkylation sites (tertiary alicyclic amines) is 1. The van der Waals surface area contributed by atoms with Crippen LogP contribution in [-0.2, 0) is 11.2 Å². The zero-order valence-corrected chi connectivity index (χ0v) is 17.9. The highest BCUT2D eigenvalue weighted by molar-refractivity contribution is 5.79. The van der Waals surface area contributed by atoms with Crippen LogP contribution in [0.1, 0.15) is 45.6 Å². The summed E-state index contributed by atoms with van der Waals surface area (Å²) >= 11 is 0. The fraction of sp³-hybridized carbons (Fsp3) is 0.636. The molecule has 1 aromatic rings. The molecule has 29 heavy (non-hydrogen) atoms. The molecule has 0 bridgehead atoms. The minimum Gasteiger partial charge on any atom is -0.488 e. The first-order valence-electron chi connectivity index (χ1n) is 10.7. The van der Waals surface area contributed by atoms with Gasteiger partial charge in [-0.15, -0.1) is 0 Å². The van der Waals surface area contributed by atoms with E-state index in [0.29, 0.717) is 26.1 Å². The topological polar surface area (TPSA) is 75.2 Å². The van der Waals surface area contributed by atoms with Gasteiger partial charge in [-0.3, -0.25) is 9.79 Å². The second kappa shape index (κ2) is 9.85. The summed E-state index contributed by atoms with van der Waals surface area (Å²) in [4.78, 5) is 18.2. The number of nitrogens with one attached hydrogen (secondary N) is 2. The maximum absolute atomic E-state index is 11.6. The first-order chi connectivity index (χ1) is 14.0. The molecule has 7 nitrogen and oxygen atoms in total. The number of rotatable bonds is 9. The third kappa shape index (κ3) is 6.02. The second-order valence-corrected chi connectivity index (χ2v) is 8.16. The van der Waals surface area contributed by atoms with Gasteiger partial charge in [0.25, 0.3) is 0 Å². The molecule has 1 saturated heterocycles. The Morgan fingerprint density at radius 3 is 2.97 bits per heavy atom. The van der Waals surface area contributed by atoms with Gasteiger partial charge in [-0.2, -0.15) is 0 Å². The molecule has 3 rings (SSSR count). The van der Waals surface area contributed by atoms with Crippen LogP contribution in [0.5, 0.6) is 11.5 Å². The average molecular weight is 403 g/mol. The fourth-order valence-electron chi connectivity index (χ4n) is 3.77. The van der Waals surface area contributed by atoms with Crippen molar-refractivity contribution >= 4 is 11.9 Å². The van der Waals surface area contributed by atoms with Gasteiger partial charge in [0.2, 0.25) is 5.91 Å². The molecule has 1 amide bonds. The highest BCUT2D eigenvalue weighted by Crippen LogP contribution is 2.41. The van der Waals surface area contributed by atoms with Crippen LogP contribution >= 0.6 is 0 Å². The molecular formula is C22H34N4O3. The van der Waals surface area contributed by atoms with E-state index in [1.165, 1.54) is 5.56 Å². The molecular weight excluding hydrogens is 368 g/mol. The van der Waals surface area contributed by atoms with Gasteiger partial charge in [0, 0.05) is 44.6 Å². The summed E-state index contributed by atoms with van der Waals surface area (Å²) in [6.45, 7) is 10.6. The lowest BCUT2D eigenvalue weighted by Crippen LogP contribution is -2.39. The van der Waals surface area contributed by atoms with Crippen LogP contribution in [0.3, 0.4) is 0 Å². The predicted octanol–water partition coefficient (Wildman–Crippen LogP) is 2.35. The van der Waals surface area contributed by atoms with Crippen LogP contribution < -0.4 is 20.1 Å². The Hall–Kier alpha value is -2.44. The number of benzene rings is 1. The van der Waals surface area contributed by atoms with Gasteiger partial charge in [0.15, 0.2) is 17.5 Å². The van der Waals surface area contributed by atoms with Crippen molar-refractivity contribution in [1.82, 2.24) is 15.5 Å². The molecule has 2 heterocycles. The van der Waals surface area contributed by atoms with E-state index in [1.807, 2.05) is 24.0 Å². The first-order valence-corrected chi connectivity index (χ1v) is 10.7. The fourth-order valence-corrected chi connectivity index (χ4v) is 3.77. The van der Waals surface area contributed by atoms with E-state index < -0.39 is 0 Å². The van der Waals surface area contributed by atoms with Gasteiger partial charge in [0.05, 0.1) is 6.54 Å². The number of nitrogens with zero attached hydrogens (tertiary/aromatic N) is 2. The number of amides is 1. The van der Waals surface area contributed by atoms with Crippen LogP contribution in [0.4, 0.5) is 0 Å². The highest BCUT2D eigenvalue weighted by atomic mass is 16.5. The van der Waals surface area contributed by atoms with Crippen LogP contribution in [0.2, 0.25) is 0 Å². The number of hydrogen-bond donors (Lipinski definition) is 2. The van der Waals surface area contributed by atoms with Gasteiger partial charge in [-0.05, 0) is 39.7 Å². The van der Waals surface area contributed by atoms with Gasteiger partial charge >= 0.3 is 0 Å². The smallest absolute Gasteiger partial charge is 0.222 e. The Morgan fingerprint density at radius 1 is 1.34 bits per heavy atom. The summed E-state index contributed by atoms with van der Waals surface area (Å²) in [7, 11) is 0. The molecule has 0 aromatic heterocycles. The van der Waals surface area contributed by atoms with Crippen molar-refractivity contribution in [2.24, 2.45) is 4.99 Å². The van der Waals surface area contributed by atoms with E-state index >= 15 is 0 Å². The Bertz CT molecular complexity index is 733. The van der Waals surface area contributed by atoms with Gasteiger partial charge in [-0.25, -0.2) is 0 Å². The molecule has 1 aromatic carbocycles. The summed E-state index contributed by atoms with van der Waals surface area (Å²) < 4.78 is 12.0. The van der Waals surface area contributed by atoms with Crippen LogP contribution in [0.15, 0.2) is 23.2 Å². The lowest BCUT2D eigenvalue weighted by Gasteiger charge is -2.18. The number of ether oxygens (including phenoxy) is 2. The number of carbonyl (C=O) groups is 1. The van der Waals surface area contributed by atoms with Crippen LogP contribution in [-0.4, -0.2) is 61.7 Å². The molecule has 7 heteroatoms. The number of hydrogen-bond acceptors (Lipinski definition) is 4. The summed E-state index contributed by atoms with van der Waals surface area (Å²) in [6.07, 6.45) is 3.46. The zero-order valence-electron chi connectivity index (χ0n) is 17.9. The van der Waals surface area contributed by atoms with Crippen molar-refractivity contribution in [2.45, 2.75) is 52.1 Å². The Labute approximate surface area is 173 Å². The molecule has 2 aliphatic rings. The number of carbonyl (C=O) groups excluding carboxylic acids is 1. The Kier molecular flexibility index (Phi) is 7.23. The van der Waals surface area contributed by atoms with Crippen LogP contribution in [0.25, 0.3) is 0 Å². The Balaban J connectivity index is 1.41. The minimum atomic E-state index is -0.176. The van der Waals surface area contributed by atoms with E-state index in [1.54, 1.807) is 0 Å². The lowest BCUT2D eigenvalue weighted by molar-refractivity contribution is -0.127. The molecule has 0 radical (unpaired) electrons. The molecule has 160 valence electrons. The minimum absolute atomic E-state index is 0.176. The number of fused-ring (bicyclic) bond motifs is 1. The summed E-state index contributed by atoms with van der Waals surface area (Å²) in [5.74, 6) is 2.72. The molecule has 2 N–H and O–H groups in total. The molecule has 0 aliphatic carbocycles. The monoisotopic (exact) mass is 402 g/mol. The van der Waals surface area contributed by atoms with Crippen molar-refractivity contribution in [3.63, 3.8) is 0 Å². The van der Waals surface area contributed by atoms with Crippen molar-refractivity contribution in [1.29, 1.82) is 0 Å². The maximum Gasteiger partial charge on any atom is 0.222 e. The lowest BCUT2D eigenvalue weighted by atomic mass is 10.0. The van der Waals surface area contributed by atoms with E-state index in [2.05, 4.69) is 35.5 Å². The van der Waals surface area contributed by atoms with Gasteiger partial charge in [-0.1, -0.05) is 12.1 Å². The number of aliphatic imine (C=N–C) groups is 1. The number of para-hydroxylation sites is 1. The summed E-state index contributed by atoms with van der Waals surface area (Å²) in [5, 5.41) is 6.55. The molecule has 0 atom stereocenters. The van der Waals surface area contributed by atoms with Crippen molar-refractivity contribution < 1.29 is 14.3 Å². The van der Waals surface area contributed by atoms with Gasteiger partial charge in [0.1, 0.15) is 12.2 Å². The second-order valence-electron chi connectivity index (χ2n) is 8.16. The molecule has 0 unspecified atom stereocenters. The quantitative estimate of drug-likeness (QED) is 0.377. The van der Waals surface area contributed by atoms with E-state index in [9.17, 15) is 4.79 Å². The standard InChI is InChI=1S/C22H34N4O3/c1-4-23-21(24-11-7-14-26-13-6-10-19(26)27)25-12-15-28-18-9-5-8-17-16-22(2,3)29-20(17)18/h5,8-9H,4,6-7,10-16H2,1-3H3,(H2,23,24,25). The predicted molar refractivity (Wildman–Crippen MR) is 115 cm³/mol. The third-order valence-electron chi connectivity index (χ3n) is 5.08. The number of guanidine groups is 1. The summed E-state index contributed by atoms with van der Waals surface area (Å²) in [6, 6.07) is 6.07. The highest BCUT2D eigenvalue weighted by Gasteiger charge is 2.32. The average Bonchev–Trinajstić information content (AvgIpc) is 3.23. The van der Waals surface area contributed by atoms with E-state index in [-0.39, 0.29) is 11.5 Å². The zero-order chi connectivity index (χ0) is 20.7. The molecule has 0 saturated carbocycles. The van der Waals surface area contributed by atoms with Crippen molar-refractivity contribution in [3.05, 3.63) is 23.8 Å². The molecule has 1 fully saturated rings. The van der Waals surface area contributed by atoms with Crippen molar-refractivity contribution in [3.8, 4) is 11.5 Å². The molecule has 2 aliphatic heterocycles. The maximum atomic E-state index is 11.6. The SMILES string of the molecule is CCNC(=NCCCN1CCCC1=O)NCCOc1cccc2c1OC(C)(C)C2. The Morgan fingerprint density at radius 2 is 2.21 bits per heavy atom. The van der Waals surface area contributed by atoms with E-state index in [0.717, 1.165) is 56.4 Å². The normalized spacial score (nSPS) is 17.8. The van der Waals surface area contributed by atoms with E-state index in [4.69, 9.17) is 9.47 Å². The van der Waals surface area contributed by atoms with Crippen LogP contribution in [0, 0.1) is 0 Å². The summed E-state index contributed by atoms with van der Waals surface area (Å²) in [5.41, 5.74) is 1.02. The third-order valence-corrected chi connectivity index (χ3v) is 5.08. The van der Waals surface area contributed by atoms with Crippen molar-refractivity contribution in [2.75, 3.05) is 39.3 Å². The first kappa shape index (κ1) is 21.3. The largest absolute Gasteiger partial charge is 0.488 e. The van der Waals surface area contributed by atoms with Gasteiger partial charge < -0.3 is 25.0 Å².